The van der Waals surface area contributed by atoms with Crippen LogP contribution in [0.1, 0.15) is 65.4 Å². The average Bonchev–Trinajstić information content (AvgIpc) is 2.51. The van der Waals surface area contributed by atoms with Crippen molar-refractivity contribution >= 4 is 31.9 Å². The minimum atomic E-state index is 0.377. The van der Waals surface area contributed by atoms with Crippen molar-refractivity contribution in [2.45, 2.75) is 72.4 Å². The number of halogens is 2. The van der Waals surface area contributed by atoms with Gasteiger partial charge >= 0.3 is 0 Å². The largest absolute Gasteiger partial charge is 0.506 e. The molecule has 0 atom stereocenters. The number of phenols is 1. The molecule has 0 aromatic heterocycles. The molecule has 1 aromatic carbocycles. The Balaban J connectivity index is 2.08. The van der Waals surface area contributed by atoms with Crippen LogP contribution in [0.3, 0.4) is 0 Å². The van der Waals surface area contributed by atoms with Gasteiger partial charge in [0.15, 0.2) is 0 Å². The van der Waals surface area contributed by atoms with E-state index in [2.05, 4.69) is 64.5 Å². The first kappa shape index (κ1) is 20.3. The molecule has 0 radical (unpaired) electrons. The molecule has 0 unspecified atom stereocenters. The third-order valence-corrected chi connectivity index (χ3v) is 6.49. The van der Waals surface area contributed by atoms with Crippen molar-refractivity contribution in [2.24, 2.45) is 11.3 Å². The van der Waals surface area contributed by atoms with Crippen LogP contribution in [0.2, 0.25) is 0 Å². The molecule has 2 nitrogen and oxygen atoms in total. The maximum atomic E-state index is 10.4. The van der Waals surface area contributed by atoms with Crippen LogP contribution in [-0.2, 0) is 6.54 Å². The summed E-state index contributed by atoms with van der Waals surface area (Å²) < 4.78 is 1.77. The predicted octanol–water partition coefficient (Wildman–Crippen LogP) is 6.73. The SMILES string of the molecule is CCCN(Cc1cc(Br)cc(Br)c1O)C1CCC(C(C)(C)C)CC1. The van der Waals surface area contributed by atoms with Gasteiger partial charge < -0.3 is 5.11 Å². The first-order valence-corrected chi connectivity index (χ1v) is 10.7. The van der Waals surface area contributed by atoms with Gasteiger partial charge in [0.2, 0.25) is 0 Å². The van der Waals surface area contributed by atoms with Crippen LogP contribution < -0.4 is 0 Å². The number of aromatic hydroxyl groups is 1. The van der Waals surface area contributed by atoms with Crippen LogP contribution in [-0.4, -0.2) is 22.6 Å². The van der Waals surface area contributed by atoms with Crippen molar-refractivity contribution in [1.82, 2.24) is 4.90 Å². The lowest BCUT2D eigenvalue weighted by Crippen LogP contribution is -2.40. The predicted molar refractivity (Wildman–Crippen MR) is 109 cm³/mol. The quantitative estimate of drug-likeness (QED) is 0.526. The van der Waals surface area contributed by atoms with Crippen LogP contribution in [0.4, 0.5) is 0 Å². The molecule has 24 heavy (non-hydrogen) atoms. The van der Waals surface area contributed by atoms with Gasteiger partial charge in [0.05, 0.1) is 4.47 Å². The normalized spacial score (nSPS) is 22.1. The highest BCUT2D eigenvalue weighted by molar-refractivity contribution is 9.11. The fourth-order valence-corrected chi connectivity index (χ4v) is 5.26. The number of hydrogen-bond donors (Lipinski definition) is 1. The molecule has 0 heterocycles. The van der Waals surface area contributed by atoms with Gasteiger partial charge in [-0.1, -0.05) is 43.6 Å². The van der Waals surface area contributed by atoms with Crippen LogP contribution in [0.5, 0.6) is 5.75 Å². The maximum absolute atomic E-state index is 10.4. The standard InChI is InChI=1S/C20H31Br2NO/c1-5-10-23(13-14-11-16(21)12-18(22)19(14)24)17-8-6-15(7-9-17)20(2,3)4/h11-12,15,17,24H,5-10,13H2,1-4H3. The monoisotopic (exact) mass is 459 g/mol. The summed E-state index contributed by atoms with van der Waals surface area (Å²) in [6, 6.07) is 4.59. The lowest BCUT2D eigenvalue weighted by Gasteiger charge is -2.41. The molecule has 1 saturated carbocycles. The molecule has 2 rings (SSSR count). The summed E-state index contributed by atoms with van der Waals surface area (Å²) in [6.45, 7) is 11.3. The first-order valence-electron chi connectivity index (χ1n) is 9.13. The van der Waals surface area contributed by atoms with Crippen LogP contribution in [0.15, 0.2) is 21.1 Å². The fraction of sp³-hybridized carbons (Fsp3) is 0.700. The highest BCUT2D eigenvalue weighted by atomic mass is 79.9. The number of rotatable bonds is 5. The molecule has 1 aliphatic carbocycles. The van der Waals surface area contributed by atoms with E-state index in [-0.39, 0.29) is 0 Å². The van der Waals surface area contributed by atoms with E-state index in [0.717, 1.165) is 39.9 Å². The van der Waals surface area contributed by atoms with Gasteiger partial charge in [0.1, 0.15) is 5.75 Å². The van der Waals surface area contributed by atoms with Crippen LogP contribution >= 0.6 is 31.9 Å². The Morgan fingerprint density at radius 1 is 1.12 bits per heavy atom. The van der Waals surface area contributed by atoms with E-state index in [1.807, 2.05) is 12.1 Å². The van der Waals surface area contributed by atoms with E-state index in [1.54, 1.807) is 0 Å². The van der Waals surface area contributed by atoms with Gasteiger partial charge in [0, 0.05) is 22.6 Å². The lowest BCUT2D eigenvalue weighted by atomic mass is 9.71. The molecule has 4 heteroatoms. The molecule has 0 spiro atoms. The Kier molecular flexibility index (Phi) is 7.21. The van der Waals surface area contributed by atoms with Gasteiger partial charge in [-0.2, -0.15) is 0 Å². The molecule has 0 amide bonds. The minimum Gasteiger partial charge on any atom is -0.506 e. The van der Waals surface area contributed by atoms with Crippen LogP contribution in [0.25, 0.3) is 0 Å². The Labute approximate surface area is 164 Å². The van der Waals surface area contributed by atoms with Crippen molar-refractivity contribution in [1.29, 1.82) is 0 Å². The highest BCUT2D eigenvalue weighted by Crippen LogP contribution is 2.40. The van der Waals surface area contributed by atoms with Gasteiger partial charge in [-0.15, -0.1) is 0 Å². The Morgan fingerprint density at radius 2 is 1.75 bits per heavy atom. The molecule has 0 bridgehead atoms. The van der Waals surface area contributed by atoms with E-state index in [9.17, 15) is 5.11 Å². The smallest absolute Gasteiger partial charge is 0.134 e. The molecular weight excluding hydrogens is 430 g/mol. The topological polar surface area (TPSA) is 23.5 Å². The number of nitrogens with zero attached hydrogens (tertiary/aromatic N) is 1. The lowest BCUT2D eigenvalue weighted by molar-refractivity contribution is 0.0902. The van der Waals surface area contributed by atoms with E-state index < -0.39 is 0 Å². The van der Waals surface area contributed by atoms with E-state index >= 15 is 0 Å². The molecule has 1 aromatic rings. The zero-order valence-corrected chi connectivity index (χ0v) is 18.6. The van der Waals surface area contributed by atoms with Gasteiger partial charge in [-0.25, -0.2) is 0 Å². The Bertz CT molecular complexity index is 545. The van der Waals surface area contributed by atoms with E-state index in [4.69, 9.17) is 0 Å². The summed E-state index contributed by atoms with van der Waals surface area (Å²) >= 11 is 7.00. The van der Waals surface area contributed by atoms with Crippen molar-refractivity contribution in [3.05, 3.63) is 26.6 Å². The second-order valence-corrected chi connectivity index (χ2v) is 10.0. The summed E-state index contributed by atoms with van der Waals surface area (Å²) in [5.74, 6) is 1.22. The number of phenolic OH excluding ortho intramolecular Hbond substituents is 1. The minimum absolute atomic E-state index is 0.377. The van der Waals surface area contributed by atoms with Gasteiger partial charge in [-0.3, -0.25) is 4.90 Å². The molecule has 1 aliphatic rings. The second kappa shape index (κ2) is 8.55. The summed E-state index contributed by atoms with van der Waals surface area (Å²) in [5, 5.41) is 10.4. The third-order valence-electron chi connectivity index (χ3n) is 5.43. The molecule has 1 fully saturated rings. The molecule has 136 valence electrons. The number of benzene rings is 1. The molecule has 0 saturated heterocycles. The van der Waals surface area contributed by atoms with Gasteiger partial charge in [0.25, 0.3) is 0 Å². The first-order chi connectivity index (χ1) is 11.2. The maximum Gasteiger partial charge on any atom is 0.134 e. The van der Waals surface area contributed by atoms with Gasteiger partial charge in [-0.05, 0) is 78.0 Å². The Hall–Kier alpha value is -0.0600. The second-order valence-electron chi connectivity index (χ2n) is 8.24. The van der Waals surface area contributed by atoms with E-state index in [1.165, 1.54) is 25.7 Å². The molecule has 0 aliphatic heterocycles. The summed E-state index contributed by atoms with van der Waals surface area (Å²) in [7, 11) is 0. The van der Waals surface area contributed by atoms with Crippen molar-refractivity contribution in [2.75, 3.05) is 6.54 Å². The van der Waals surface area contributed by atoms with E-state index in [0.29, 0.717) is 17.2 Å². The van der Waals surface area contributed by atoms with Crippen LogP contribution in [0, 0.1) is 11.3 Å². The molecule has 1 N–H and O–H groups in total. The highest BCUT2D eigenvalue weighted by Gasteiger charge is 2.32. The summed E-state index contributed by atoms with van der Waals surface area (Å²) in [4.78, 5) is 2.58. The average molecular weight is 461 g/mol. The van der Waals surface area contributed by atoms with Crippen molar-refractivity contribution in [3.63, 3.8) is 0 Å². The summed E-state index contributed by atoms with van der Waals surface area (Å²) in [5.41, 5.74) is 1.43. The molecular formula is C20H31Br2NO. The zero-order chi connectivity index (χ0) is 17.9. The summed E-state index contributed by atoms with van der Waals surface area (Å²) in [6.07, 6.45) is 6.34. The van der Waals surface area contributed by atoms with Crippen molar-refractivity contribution < 1.29 is 5.11 Å². The fourth-order valence-electron chi connectivity index (χ4n) is 3.94. The number of hydrogen-bond acceptors (Lipinski definition) is 2. The third kappa shape index (κ3) is 5.22. The van der Waals surface area contributed by atoms with Crippen molar-refractivity contribution in [3.8, 4) is 5.75 Å². The zero-order valence-electron chi connectivity index (χ0n) is 15.4. The Morgan fingerprint density at radius 3 is 2.29 bits per heavy atom.